The van der Waals surface area contributed by atoms with Crippen molar-refractivity contribution in [3.63, 3.8) is 0 Å². The molecule has 0 aromatic heterocycles. The Balaban J connectivity index is 1.65. The van der Waals surface area contributed by atoms with E-state index in [-0.39, 0.29) is 12.0 Å². The molecule has 0 spiro atoms. The number of halogens is 1. The van der Waals surface area contributed by atoms with E-state index in [0.29, 0.717) is 11.6 Å². The molecule has 0 aliphatic carbocycles. The standard InChI is InChI=1S/C18H18ClNO2/c19-15-10-9-14-7-4-8-16(20-17(14)11-15)18(21)22-12-13-5-2-1-3-6-13/h1-3,5-6,9-11,16,20H,4,7-8,12H2. The van der Waals surface area contributed by atoms with Crippen LogP contribution in [0, 0.1) is 0 Å². The van der Waals surface area contributed by atoms with Crippen LogP contribution in [-0.2, 0) is 22.6 Å². The van der Waals surface area contributed by atoms with E-state index < -0.39 is 0 Å². The van der Waals surface area contributed by atoms with Crippen molar-refractivity contribution >= 4 is 23.3 Å². The molecular formula is C18H18ClNO2. The number of hydrogen-bond acceptors (Lipinski definition) is 3. The van der Waals surface area contributed by atoms with Gasteiger partial charge in [0.1, 0.15) is 12.6 Å². The summed E-state index contributed by atoms with van der Waals surface area (Å²) in [4.78, 5) is 12.3. The lowest BCUT2D eigenvalue weighted by molar-refractivity contribution is -0.146. The summed E-state index contributed by atoms with van der Waals surface area (Å²) in [5.41, 5.74) is 3.13. The monoisotopic (exact) mass is 315 g/mol. The molecule has 0 fully saturated rings. The zero-order valence-electron chi connectivity index (χ0n) is 12.2. The largest absolute Gasteiger partial charge is 0.459 e. The Hall–Kier alpha value is -2.00. The van der Waals surface area contributed by atoms with Gasteiger partial charge in [0.15, 0.2) is 0 Å². The van der Waals surface area contributed by atoms with E-state index in [2.05, 4.69) is 5.32 Å². The zero-order chi connectivity index (χ0) is 15.4. The molecule has 114 valence electrons. The van der Waals surface area contributed by atoms with Gasteiger partial charge in [-0.3, -0.25) is 0 Å². The Labute approximate surface area is 135 Å². The molecule has 3 rings (SSSR count). The molecule has 1 aliphatic heterocycles. The van der Waals surface area contributed by atoms with E-state index in [1.807, 2.05) is 48.5 Å². The molecule has 0 amide bonds. The van der Waals surface area contributed by atoms with Crippen LogP contribution in [-0.4, -0.2) is 12.0 Å². The normalized spacial score (nSPS) is 17.0. The van der Waals surface area contributed by atoms with Gasteiger partial charge in [0.2, 0.25) is 0 Å². The number of rotatable bonds is 3. The van der Waals surface area contributed by atoms with Crippen LogP contribution >= 0.6 is 11.6 Å². The van der Waals surface area contributed by atoms with Gasteiger partial charge in [0.05, 0.1) is 0 Å². The fraction of sp³-hybridized carbons (Fsp3) is 0.278. The quantitative estimate of drug-likeness (QED) is 0.863. The number of carbonyl (C=O) groups excluding carboxylic acids is 1. The predicted molar refractivity (Wildman–Crippen MR) is 88.0 cm³/mol. The minimum atomic E-state index is -0.316. The first-order chi connectivity index (χ1) is 10.7. The molecule has 1 N–H and O–H groups in total. The summed E-state index contributed by atoms with van der Waals surface area (Å²) in [6.45, 7) is 0.306. The summed E-state index contributed by atoms with van der Waals surface area (Å²) >= 11 is 6.04. The predicted octanol–water partition coefficient (Wildman–Crippen LogP) is 4.20. The van der Waals surface area contributed by atoms with Gasteiger partial charge in [-0.25, -0.2) is 4.79 Å². The minimum absolute atomic E-state index is 0.211. The molecule has 3 nitrogen and oxygen atoms in total. The lowest BCUT2D eigenvalue weighted by Crippen LogP contribution is -2.30. The lowest BCUT2D eigenvalue weighted by atomic mass is 10.1. The summed E-state index contributed by atoms with van der Waals surface area (Å²) < 4.78 is 5.43. The highest BCUT2D eigenvalue weighted by atomic mass is 35.5. The van der Waals surface area contributed by atoms with E-state index in [9.17, 15) is 4.79 Å². The van der Waals surface area contributed by atoms with E-state index in [0.717, 1.165) is 30.5 Å². The van der Waals surface area contributed by atoms with E-state index >= 15 is 0 Å². The second-order valence-electron chi connectivity index (χ2n) is 5.48. The molecule has 2 aromatic rings. The van der Waals surface area contributed by atoms with Crippen LogP contribution in [0.4, 0.5) is 5.69 Å². The van der Waals surface area contributed by atoms with Crippen LogP contribution in [0.25, 0.3) is 0 Å². The summed E-state index contributed by atoms with van der Waals surface area (Å²) in [5, 5.41) is 3.95. The van der Waals surface area contributed by atoms with Crippen LogP contribution in [0.15, 0.2) is 48.5 Å². The topological polar surface area (TPSA) is 38.3 Å². The maximum Gasteiger partial charge on any atom is 0.328 e. The molecular weight excluding hydrogens is 298 g/mol. The average Bonchev–Trinajstić information content (AvgIpc) is 2.75. The molecule has 4 heteroatoms. The number of anilines is 1. The first kappa shape index (κ1) is 14.9. The highest BCUT2D eigenvalue weighted by Gasteiger charge is 2.23. The Morgan fingerprint density at radius 2 is 2.05 bits per heavy atom. The van der Waals surface area contributed by atoms with Gasteiger partial charge in [0.25, 0.3) is 0 Å². The average molecular weight is 316 g/mol. The summed E-state index contributed by atoms with van der Waals surface area (Å²) in [6, 6.07) is 15.2. The summed E-state index contributed by atoms with van der Waals surface area (Å²) in [7, 11) is 0. The van der Waals surface area contributed by atoms with E-state index in [1.54, 1.807) is 0 Å². The van der Waals surface area contributed by atoms with E-state index in [1.165, 1.54) is 5.56 Å². The highest BCUT2D eigenvalue weighted by molar-refractivity contribution is 6.30. The number of fused-ring (bicyclic) bond motifs is 1. The molecule has 0 saturated heterocycles. The van der Waals surface area contributed by atoms with Gasteiger partial charge in [-0.1, -0.05) is 48.0 Å². The second-order valence-corrected chi connectivity index (χ2v) is 5.92. The number of hydrogen-bond donors (Lipinski definition) is 1. The maximum atomic E-state index is 12.3. The Bertz CT molecular complexity index is 657. The Morgan fingerprint density at radius 3 is 2.86 bits per heavy atom. The molecule has 1 atom stereocenters. The second kappa shape index (κ2) is 6.84. The van der Waals surface area contributed by atoms with Crippen molar-refractivity contribution in [1.82, 2.24) is 0 Å². The molecule has 1 heterocycles. The van der Waals surface area contributed by atoms with Gasteiger partial charge in [-0.05, 0) is 42.5 Å². The number of esters is 1. The third kappa shape index (κ3) is 3.60. The van der Waals surface area contributed by atoms with Crippen molar-refractivity contribution in [3.05, 3.63) is 64.7 Å². The number of aryl methyl sites for hydroxylation is 1. The zero-order valence-corrected chi connectivity index (χ0v) is 13.0. The fourth-order valence-electron chi connectivity index (χ4n) is 2.66. The smallest absolute Gasteiger partial charge is 0.328 e. The number of benzene rings is 2. The van der Waals surface area contributed by atoms with Crippen molar-refractivity contribution in [2.24, 2.45) is 0 Å². The van der Waals surface area contributed by atoms with Crippen LogP contribution in [0.3, 0.4) is 0 Å². The number of ether oxygens (including phenoxy) is 1. The molecule has 0 saturated carbocycles. The molecule has 0 radical (unpaired) electrons. The van der Waals surface area contributed by atoms with Gasteiger partial charge in [-0.2, -0.15) is 0 Å². The fourth-order valence-corrected chi connectivity index (χ4v) is 2.84. The molecule has 0 bridgehead atoms. The lowest BCUT2D eigenvalue weighted by Gasteiger charge is -2.17. The van der Waals surface area contributed by atoms with Crippen molar-refractivity contribution in [2.45, 2.75) is 31.9 Å². The van der Waals surface area contributed by atoms with Crippen molar-refractivity contribution < 1.29 is 9.53 Å². The van der Waals surface area contributed by atoms with Gasteiger partial charge in [-0.15, -0.1) is 0 Å². The van der Waals surface area contributed by atoms with Gasteiger partial charge in [0, 0.05) is 10.7 Å². The highest BCUT2D eigenvalue weighted by Crippen LogP contribution is 2.27. The summed E-state index contributed by atoms with van der Waals surface area (Å²) in [6.07, 6.45) is 2.66. The van der Waals surface area contributed by atoms with Crippen LogP contribution in [0.2, 0.25) is 5.02 Å². The molecule has 22 heavy (non-hydrogen) atoms. The Kier molecular flexibility index (Phi) is 4.64. The minimum Gasteiger partial charge on any atom is -0.459 e. The maximum absolute atomic E-state index is 12.3. The van der Waals surface area contributed by atoms with Gasteiger partial charge >= 0.3 is 5.97 Å². The van der Waals surface area contributed by atoms with Crippen molar-refractivity contribution in [3.8, 4) is 0 Å². The SMILES string of the molecule is O=C(OCc1ccccc1)C1CCCc2ccc(Cl)cc2N1. The molecule has 1 unspecified atom stereocenters. The van der Waals surface area contributed by atoms with Crippen molar-refractivity contribution in [2.75, 3.05) is 5.32 Å². The van der Waals surface area contributed by atoms with Gasteiger partial charge < -0.3 is 10.1 Å². The summed E-state index contributed by atoms with van der Waals surface area (Å²) in [5.74, 6) is -0.211. The third-order valence-electron chi connectivity index (χ3n) is 3.85. The molecule has 1 aliphatic rings. The first-order valence-electron chi connectivity index (χ1n) is 7.48. The van der Waals surface area contributed by atoms with Crippen LogP contribution < -0.4 is 5.32 Å². The third-order valence-corrected chi connectivity index (χ3v) is 4.08. The number of carbonyl (C=O) groups is 1. The number of nitrogens with one attached hydrogen (secondary N) is 1. The van der Waals surface area contributed by atoms with Crippen LogP contribution in [0.5, 0.6) is 0 Å². The first-order valence-corrected chi connectivity index (χ1v) is 7.86. The van der Waals surface area contributed by atoms with E-state index in [4.69, 9.17) is 16.3 Å². The van der Waals surface area contributed by atoms with Crippen LogP contribution in [0.1, 0.15) is 24.0 Å². The Morgan fingerprint density at radius 1 is 1.23 bits per heavy atom. The molecule has 2 aromatic carbocycles. The van der Waals surface area contributed by atoms with Crippen molar-refractivity contribution in [1.29, 1.82) is 0 Å².